The lowest BCUT2D eigenvalue weighted by Gasteiger charge is -2.12. The molecule has 0 spiro atoms. The van der Waals surface area contributed by atoms with Crippen LogP contribution in [-0.2, 0) is 7.05 Å². The lowest BCUT2D eigenvalue weighted by molar-refractivity contribution is 0.688. The molecule has 0 N–H and O–H groups in total. The number of benzene rings is 1. The summed E-state index contributed by atoms with van der Waals surface area (Å²) in [7, 11) is 1.59. The number of hydrogen-bond acceptors (Lipinski definition) is 4. The lowest BCUT2D eigenvalue weighted by Crippen LogP contribution is -2.27. The van der Waals surface area contributed by atoms with Crippen molar-refractivity contribution in [2.75, 3.05) is 0 Å². The molecule has 0 aliphatic heterocycles. The minimum atomic E-state index is -0.385. The Kier molecular flexibility index (Phi) is 3.54. The van der Waals surface area contributed by atoms with Crippen molar-refractivity contribution in [2.24, 2.45) is 7.05 Å². The van der Waals surface area contributed by atoms with Gasteiger partial charge in [0.2, 0.25) is 5.95 Å². The maximum Gasteiger partial charge on any atom is 0.273 e. The van der Waals surface area contributed by atoms with Crippen molar-refractivity contribution in [3.8, 4) is 23.3 Å². The average molecular weight is 305 g/mol. The molecule has 2 aromatic heterocycles. The first kappa shape index (κ1) is 14.7. The first-order valence-electron chi connectivity index (χ1n) is 7.13. The summed E-state index contributed by atoms with van der Waals surface area (Å²) in [5.41, 5.74) is 2.45. The molecule has 0 amide bonds. The van der Waals surface area contributed by atoms with E-state index >= 15 is 0 Å². The fraction of sp³-hybridized carbons (Fsp3) is 0.176. The number of aromatic nitrogens is 4. The third-order valence-electron chi connectivity index (χ3n) is 3.63. The van der Waals surface area contributed by atoms with Crippen molar-refractivity contribution in [1.82, 2.24) is 19.3 Å². The molecule has 6 heteroatoms. The molecule has 1 aromatic carbocycles. The van der Waals surface area contributed by atoms with E-state index in [1.165, 1.54) is 4.57 Å². The van der Waals surface area contributed by atoms with E-state index in [-0.39, 0.29) is 11.1 Å². The summed E-state index contributed by atoms with van der Waals surface area (Å²) >= 11 is 0. The molecule has 0 aliphatic carbocycles. The van der Waals surface area contributed by atoms with Gasteiger partial charge in [-0.25, -0.2) is 9.67 Å². The van der Waals surface area contributed by atoms with Crippen molar-refractivity contribution in [3.63, 3.8) is 0 Å². The molecule has 3 rings (SSSR count). The average Bonchev–Trinajstić information content (AvgIpc) is 2.89. The minimum absolute atomic E-state index is 0.0315. The van der Waals surface area contributed by atoms with Crippen molar-refractivity contribution in [3.05, 3.63) is 63.7 Å². The molecular weight excluding hydrogens is 290 g/mol. The van der Waals surface area contributed by atoms with E-state index < -0.39 is 0 Å². The summed E-state index contributed by atoms with van der Waals surface area (Å²) in [5.74, 6) is 0.387. The molecule has 0 aliphatic rings. The van der Waals surface area contributed by atoms with Crippen LogP contribution in [0.15, 0.2) is 41.2 Å². The molecule has 2 heterocycles. The molecule has 0 saturated heterocycles. The molecule has 0 bridgehead atoms. The second kappa shape index (κ2) is 5.54. The van der Waals surface area contributed by atoms with Gasteiger partial charge in [0.05, 0.1) is 11.4 Å². The summed E-state index contributed by atoms with van der Waals surface area (Å²) in [6.45, 7) is 3.77. The van der Waals surface area contributed by atoms with E-state index in [0.29, 0.717) is 11.6 Å². The van der Waals surface area contributed by atoms with Gasteiger partial charge < -0.3 is 0 Å². The highest BCUT2D eigenvalue weighted by molar-refractivity contribution is 5.66. The summed E-state index contributed by atoms with van der Waals surface area (Å²) in [6, 6.07) is 13.1. The van der Waals surface area contributed by atoms with Crippen molar-refractivity contribution >= 4 is 0 Å². The van der Waals surface area contributed by atoms with Gasteiger partial charge in [-0.3, -0.25) is 9.36 Å². The number of hydrogen-bond donors (Lipinski definition) is 0. The monoisotopic (exact) mass is 305 g/mol. The summed E-state index contributed by atoms with van der Waals surface area (Å²) in [4.78, 5) is 17.1. The zero-order chi connectivity index (χ0) is 16.6. The molecular formula is C17H15N5O. The van der Waals surface area contributed by atoms with E-state index in [9.17, 15) is 10.1 Å². The Morgan fingerprint density at radius 1 is 1.17 bits per heavy atom. The molecule has 23 heavy (non-hydrogen) atoms. The maximum absolute atomic E-state index is 12.6. The van der Waals surface area contributed by atoms with E-state index in [0.717, 1.165) is 17.0 Å². The van der Waals surface area contributed by atoms with Gasteiger partial charge >= 0.3 is 0 Å². The van der Waals surface area contributed by atoms with Crippen LogP contribution in [0.25, 0.3) is 17.2 Å². The molecule has 0 atom stereocenters. The van der Waals surface area contributed by atoms with E-state index in [4.69, 9.17) is 0 Å². The van der Waals surface area contributed by atoms with Crippen LogP contribution in [0.4, 0.5) is 0 Å². The van der Waals surface area contributed by atoms with Gasteiger partial charge in [-0.1, -0.05) is 30.3 Å². The highest BCUT2D eigenvalue weighted by Gasteiger charge is 2.18. The first-order chi connectivity index (χ1) is 11.0. The van der Waals surface area contributed by atoms with Crippen LogP contribution in [0.2, 0.25) is 0 Å². The van der Waals surface area contributed by atoms with Crippen molar-refractivity contribution < 1.29 is 0 Å². The van der Waals surface area contributed by atoms with Crippen LogP contribution >= 0.6 is 0 Å². The Bertz CT molecular complexity index is 977. The fourth-order valence-electron chi connectivity index (χ4n) is 2.52. The van der Waals surface area contributed by atoms with E-state index in [2.05, 4.69) is 10.1 Å². The van der Waals surface area contributed by atoms with Gasteiger partial charge in [0, 0.05) is 18.3 Å². The Labute approximate surface area is 133 Å². The third kappa shape index (κ3) is 2.42. The second-order valence-electron chi connectivity index (χ2n) is 5.32. The fourth-order valence-corrected chi connectivity index (χ4v) is 2.52. The Balaban J connectivity index is 2.36. The van der Waals surface area contributed by atoms with Crippen LogP contribution in [0.1, 0.15) is 17.0 Å². The second-order valence-corrected chi connectivity index (χ2v) is 5.32. The largest absolute Gasteiger partial charge is 0.279 e. The van der Waals surface area contributed by atoms with Crippen LogP contribution in [-0.4, -0.2) is 19.3 Å². The topological polar surface area (TPSA) is 76.5 Å². The van der Waals surface area contributed by atoms with E-state index in [1.54, 1.807) is 11.7 Å². The molecule has 114 valence electrons. The van der Waals surface area contributed by atoms with Gasteiger partial charge in [0.1, 0.15) is 11.6 Å². The quantitative estimate of drug-likeness (QED) is 0.726. The van der Waals surface area contributed by atoms with Gasteiger partial charge in [0.15, 0.2) is 0 Å². The van der Waals surface area contributed by atoms with Gasteiger partial charge in [-0.05, 0) is 19.9 Å². The van der Waals surface area contributed by atoms with Crippen LogP contribution in [0, 0.1) is 25.2 Å². The SMILES string of the molecule is Cc1cc(C)n(-c2nc(-c3ccccc3)c(C#N)c(=O)n2C)n1. The summed E-state index contributed by atoms with van der Waals surface area (Å²) in [5, 5.41) is 13.8. The Morgan fingerprint density at radius 3 is 2.43 bits per heavy atom. The van der Waals surface area contributed by atoms with Gasteiger partial charge in [-0.15, -0.1) is 0 Å². The molecule has 3 aromatic rings. The Morgan fingerprint density at radius 2 is 1.87 bits per heavy atom. The van der Waals surface area contributed by atoms with E-state index in [1.807, 2.05) is 56.3 Å². The molecule has 0 radical (unpaired) electrons. The zero-order valence-electron chi connectivity index (χ0n) is 13.1. The maximum atomic E-state index is 12.6. The van der Waals surface area contributed by atoms with Crippen LogP contribution in [0.3, 0.4) is 0 Å². The zero-order valence-corrected chi connectivity index (χ0v) is 13.1. The highest BCUT2D eigenvalue weighted by atomic mass is 16.1. The van der Waals surface area contributed by atoms with Gasteiger partial charge in [0.25, 0.3) is 5.56 Å². The number of nitrogens with zero attached hydrogens (tertiary/aromatic N) is 5. The molecule has 0 unspecified atom stereocenters. The molecule has 6 nitrogen and oxygen atoms in total. The van der Waals surface area contributed by atoms with Crippen LogP contribution < -0.4 is 5.56 Å². The number of nitriles is 1. The number of aryl methyl sites for hydroxylation is 2. The summed E-state index contributed by atoms with van der Waals surface area (Å²) in [6.07, 6.45) is 0. The normalized spacial score (nSPS) is 10.5. The minimum Gasteiger partial charge on any atom is -0.279 e. The molecule has 0 fully saturated rings. The van der Waals surface area contributed by atoms with Crippen LogP contribution in [0.5, 0.6) is 0 Å². The third-order valence-corrected chi connectivity index (χ3v) is 3.63. The number of rotatable bonds is 2. The van der Waals surface area contributed by atoms with Gasteiger partial charge in [-0.2, -0.15) is 10.4 Å². The predicted molar refractivity (Wildman–Crippen MR) is 86.2 cm³/mol. The standard InChI is InChI=1S/C17H15N5O/c1-11-9-12(2)22(20-11)17-19-15(13-7-5-4-6-8-13)14(10-18)16(23)21(17)3/h4-9H,1-3H3. The lowest BCUT2D eigenvalue weighted by atomic mass is 10.1. The smallest absolute Gasteiger partial charge is 0.273 e. The summed E-state index contributed by atoms with van der Waals surface area (Å²) < 4.78 is 2.97. The first-order valence-corrected chi connectivity index (χ1v) is 7.13. The molecule has 0 saturated carbocycles. The van der Waals surface area contributed by atoms with Crippen molar-refractivity contribution in [2.45, 2.75) is 13.8 Å². The predicted octanol–water partition coefficient (Wildman–Crippen LogP) is 2.12. The highest BCUT2D eigenvalue weighted by Crippen LogP contribution is 2.20. The Hall–Kier alpha value is -3.20. The van der Waals surface area contributed by atoms with Crippen molar-refractivity contribution in [1.29, 1.82) is 5.26 Å².